The Morgan fingerprint density at radius 1 is 1.24 bits per heavy atom. The van der Waals surface area contributed by atoms with E-state index in [-0.39, 0.29) is 18.5 Å². The second-order valence-electron chi connectivity index (χ2n) is 10.7. The van der Waals surface area contributed by atoms with E-state index in [4.69, 9.17) is 9.72 Å². The maximum atomic E-state index is 13.5. The number of rotatable bonds is 8. The van der Waals surface area contributed by atoms with Crippen molar-refractivity contribution in [1.82, 2.24) is 29.2 Å². The summed E-state index contributed by atoms with van der Waals surface area (Å²) < 4.78 is 24.1. The van der Waals surface area contributed by atoms with E-state index in [0.29, 0.717) is 39.4 Å². The second kappa shape index (κ2) is 9.15. The van der Waals surface area contributed by atoms with Gasteiger partial charge >= 0.3 is 0 Å². The molecule has 1 amide bonds. The van der Waals surface area contributed by atoms with Gasteiger partial charge in [-0.25, -0.2) is 9.37 Å². The number of hydrogen-bond acceptors (Lipinski definition) is 10. The van der Waals surface area contributed by atoms with Gasteiger partial charge in [0.2, 0.25) is 5.91 Å². The number of nitrogens with zero attached hydrogens (tertiary/aromatic N) is 7. The number of imidazole rings is 1. The van der Waals surface area contributed by atoms with Gasteiger partial charge in [-0.15, -0.1) is 10.2 Å². The van der Waals surface area contributed by atoms with Crippen molar-refractivity contribution in [2.45, 2.75) is 41.5 Å². The Morgan fingerprint density at radius 2 is 2.03 bits per heavy atom. The number of alkyl halides is 1. The molecule has 0 atom stereocenters. The van der Waals surface area contributed by atoms with Crippen molar-refractivity contribution in [2.24, 2.45) is 5.92 Å². The molecular formula is C25H27FN8O2S2. The van der Waals surface area contributed by atoms with E-state index in [9.17, 15) is 14.4 Å². The van der Waals surface area contributed by atoms with Crippen LogP contribution in [0, 0.1) is 17.2 Å². The van der Waals surface area contributed by atoms with E-state index in [0.717, 1.165) is 57.6 Å². The smallest absolute Gasteiger partial charge is 0.230 e. The zero-order chi connectivity index (χ0) is 25.9. The highest BCUT2D eigenvalue weighted by Crippen LogP contribution is 2.49. The van der Waals surface area contributed by atoms with Crippen LogP contribution in [-0.2, 0) is 14.9 Å². The summed E-state index contributed by atoms with van der Waals surface area (Å²) in [5.74, 6) is 0.170. The topological polar surface area (TPSA) is 112 Å². The molecule has 0 radical (unpaired) electrons. The van der Waals surface area contributed by atoms with Crippen LogP contribution in [0.15, 0.2) is 23.4 Å². The fourth-order valence-electron chi connectivity index (χ4n) is 4.90. The summed E-state index contributed by atoms with van der Waals surface area (Å²) in [6.45, 7) is 3.33. The number of amides is 1. The molecule has 0 spiro atoms. The van der Waals surface area contributed by atoms with Crippen LogP contribution in [0.3, 0.4) is 0 Å². The highest BCUT2D eigenvalue weighted by atomic mass is 32.2. The van der Waals surface area contributed by atoms with Gasteiger partial charge in [0.15, 0.2) is 10.7 Å². The van der Waals surface area contributed by atoms with Crippen molar-refractivity contribution in [3.05, 3.63) is 23.5 Å². The van der Waals surface area contributed by atoms with Crippen molar-refractivity contribution < 1.29 is 13.9 Å². The number of nitrogens with one attached hydrogen (secondary N) is 1. The Morgan fingerprint density at radius 3 is 2.66 bits per heavy atom. The first-order valence-corrected chi connectivity index (χ1v) is 14.5. The highest BCUT2D eigenvalue weighted by Gasteiger charge is 2.48. The second-order valence-corrected chi connectivity index (χ2v) is 12.5. The first-order chi connectivity index (χ1) is 18.5. The third-order valence-electron chi connectivity index (χ3n) is 7.99. The van der Waals surface area contributed by atoms with E-state index in [1.54, 1.807) is 6.20 Å². The van der Waals surface area contributed by atoms with Crippen LogP contribution in [0.25, 0.3) is 16.3 Å². The number of aromatic nitrogens is 4. The quantitative estimate of drug-likeness (QED) is 0.420. The fourth-order valence-corrected chi connectivity index (χ4v) is 6.86. The van der Waals surface area contributed by atoms with Crippen molar-refractivity contribution in [3.63, 3.8) is 0 Å². The molecule has 2 saturated carbocycles. The number of ether oxygens (including phenoxy) is 1. The Hall–Kier alpha value is -2.79. The summed E-state index contributed by atoms with van der Waals surface area (Å²) in [5, 5.41) is 19.8. The Bertz CT molecular complexity index is 1430. The number of pyridine rings is 1. The minimum atomic E-state index is -0.486. The summed E-state index contributed by atoms with van der Waals surface area (Å²) >= 11 is 2.88. The first kappa shape index (κ1) is 24.3. The fraction of sp³-hybridized carbons (Fsp3) is 0.560. The number of carbonyl (C=O) groups is 1. The zero-order valence-corrected chi connectivity index (χ0v) is 22.4. The Balaban J connectivity index is 1.20. The third kappa shape index (κ3) is 4.14. The number of nitriles is 1. The van der Waals surface area contributed by atoms with E-state index >= 15 is 0 Å². The Labute approximate surface area is 227 Å². The molecule has 13 heteroatoms. The zero-order valence-electron chi connectivity index (χ0n) is 20.7. The van der Waals surface area contributed by atoms with Crippen molar-refractivity contribution in [2.75, 3.05) is 51.0 Å². The minimum absolute atomic E-state index is 0.00762. The van der Waals surface area contributed by atoms with Gasteiger partial charge in [0.25, 0.3) is 0 Å². The monoisotopic (exact) mass is 554 g/mol. The molecular weight excluding hydrogens is 527 g/mol. The van der Waals surface area contributed by atoms with Crippen LogP contribution in [0.5, 0.6) is 0 Å². The molecule has 4 fully saturated rings. The summed E-state index contributed by atoms with van der Waals surface area (Å²) in [5.41, 5.74) is 1.65. The van der Waals surface area contributed by atoms with Crippen molar-refractivity contribution in [3.8, 4) is 16.8 Å². The van der Waals surface area contributed by atoms with E-state index in [1.807, 2.05) is 15.5 Å². The molecule has 0 unspecified atom stereocenters. The van der Waals surface area contributed by atoms with Gasteiger partial charge in [0, 0.05) is 37.3 Å². The first-order valence-electron chi connectivity index (χ1n) is 12.9. The SMILES string of the molecule is N#CC1(c2nnc(-c3cnc4c(N5CCN(C(=O)C6COC6)CC5)cc(SNC5(CF)CC5)cn34)s2)CC1. The molecule has 198 valence electrons. The Kier molecular flexibility index (Phi) is 5.84. The molecule has 38 heavy (non-hydrogen) atoms. The van der Waals surface area contributed by atoms with E-state index in [2.05, 4.69) is 32.0 Å². The largest absolute Gasteiger partial charge is 0.380 e. The van der Waals surface area contributed by atoms with Crippen LogP contribution in [0.4, 0.5) is 10.1 Å². The van der Waals surface area contributed by atoms with Crippen LogP contribution in [0.2, 0.25) is 0 Å². The van der Waals surface area contributed by atoms with Gasteiger partial charge < -0.3 is 14.5 Å². The average Bonchev–Trinajstić information content (AvgIpc) is 3.79. The molecule has 2 aliphatic heterocycles. The van der Waals surface area contributed by atoms with Gasteiger partial charge in [0.05, 0.1) is 42.6 Å². The summed E-state index contributed by atoms with van der Waals surface area (Å²) in [6, 6.07) is 4.49. The lowest BCUT2D eigenvalue weighted by Gasteiger charge is -2.39. The standard InChI is InChI=1S/C25H27FN8O2S2/c26-14-25(3-4-25)31-38-17-9-18(32-5-7-33(8-6-32)22(35)16-12-36-13-16)20-28-10-19(34(20)11-17)21-29-30-23(37-21)24(15-27)1-2-24/h9-11,16,31H,1-8,12-14H2. The van der Waals surface area contributed by atoms with Crippen molar-refractivity contribution in [1.29, 1.82) is 5.26 Å². The summed E-state index contributed by atoms with van der Waals surface area (Å²) in [6.07, 6.45) is 7.11. The molecule has 3 aromatic rings. The molecule has 0 aromatic carbocycles. The minimum Gasteiger partial charge on any atom is -0.380 e. The number of halogens is 1. The molecule has 0 bridgehead atoms. The van der Waals surface area contributed by atoms with E-state index < -0.39 is 11.0 Å². The van der Waals surface area contributed by atoms with Gasteiger partial charge in [-0.2, -0.15) is 5.26 Å². The number of piperazine rings is 1. The van der Waals surface area contributed by atoms with Crippen LogP contribution in [0.1, 0.15) is 30.7 Å². The molecule has 7 rings (SSSR count). The predicted molar refractivity (Wildman–Crippen MR) is 141 cm³/mol. The predicted octanol–water partition coefficient (Wildman–Crippen LogP) is 2.80. The summed E-state index contributed by atoms with van der Waals surface area (Å²) in [4.78, 5) is 22.6. The lowest BCUT2D eigenvalue weighted by atomic mass is 10.1. The molecule has 1 N–H and O–H groups in total. The molecule has 5 heterocycles. The van der Waals surface area contributed by atoms with Gasteiger partial charge in [-0.3, -0.25) is 13.9 Å². The molecule has 3 aromatic heterocycles. The van der Waals surface area contributed by atoms with Crippen molar-refractivity contribution >= 4 is 40.5 Å². The van der Waals surface area contributed by atoms with Crippen LogP contribution >= 0.6 is 23.3 Å². The normalized spacial score (nSPS) is 21.8. The van der Waals surface area contributed by atoms with Crippen LogP contribution in [-0.4, -0.2) is 82.0 Å². The highest BCUT2D eigenvalue weighted by molar-refractivity contribution is 7.97. The summed E-state index contributed by atoms with van der Waals surface area (Å²) in [7, 11) is 0. The molecule has 10 nitrogen and oxygen atoms in total. The lowest BCUT2D eigenvalue weighted by molar-refractivity contribution is -0.150. The van der Waals surface area contributed by atoms with Gasteiger partial charge in [0.1, 0.15) is 22.8 Å². The average molecular weight is 555 g/mol. The third-order valence-corrected chi connectivity index (χ3v) is 10.1. The molecule has 2 saturated heterocycles. The van der Waals surface area contributed by atoms with Gasteiger partial charge in [-0.1, -0.05) is 11.3 Å². The number of carbonyl (C=O) groups excluding carboxylic acids is 1. The molecule has 2 aliphatic carbocycles. The lowest BCUT2D eigenvalue weighted by Crippen LogP contribution is -2.53. The van der Waals surface area contributed by atoms with Gasteiger partial charge in [-0.05, 0) is 43.7 Å². The van der Waals surface area contributed by atoms with Crippen LogP contribution < -0.4 is 9.62 Å². The maximum absolute atomic E-state index is 13.5. The maximum Gasteiger partial charge on any atom is 0.230 e. The van der Waals surface area contributed by atoms with E-state index in [1.165, 1.54) is 23.3 Å². The molecule has 4 aliphatic rings. The number of fused-ring (bicyclic) bond motifs is 1. The number of hydrogen-bond donors (Lipinski definition) is 1. The number of anilines is 1.